The molecule has 0 bridgehead atoms. The first kappa shape index (κ1) is 24.5. The molecule has 174 valence electrons. The summed E-state index contributed by atoms with van der Waals surface area (Å²) in [4.78, 5) is 9.93. The summed E-state index contributed by atoms with van der Waals surface area (Å²) in [7, 11) is -1.66. The fourth-order valence-electron chi connectivity index (χ4n) is 4.06. The number of hydrogen-bond acceptors (Lipinski definition) is 5. The molecule has 0 amide bonds. The highest BCUT2D eigenvalue weighted by atomic mass is 127. The average Bonchev–Trinajstić information content (AvgIpc) is 3.38. The number of nitrogens with one attached hydrogen (secondary N) is 2. The zero-order valence-electron chi connectivity index (χ0n) is 18.2. The molecule has 0 radical (unpaired) electrons. The van der Waals surface area contributed by atoms with Crippen LogP contribution in [0.1, 0.15) is 17.0 Å². The third kappa shape index (κ3) is 5.44. The number of para-hydroxylation sites is 1. The van der Waals surface area contributed by atoms with E-state index in [9.17, 15) is 8.42 Å². The molecule has 0 atom stereocenters. The first-order valence-electron chi connectivity index (χ1n) is 10.4. The van der Waals surface area contributed by atoms with E-state index >= 15 is 0 Å². The third-order valence-corrected chi connectivity index (χ3v) is 7.46. The van der Waals surface area contributed by atoms with Gasteiger partial charge < -0.3 is 19.7 Å². The number of sulfonamides is 1. The van der Waals surface area contributed by atoms with Gasteiger partial charge in [-0.25, -0.2) is 8.42 Å². The zero-order chi connectivity index (χ0) is 21.8. The van der Waals surface area contributed by atoms with Crippen LogP contribution in [0.3, 0.4) is 0 Å². The van der Waals surface area contributed by atoms with Crippen LogP contribution < -0.4 is 5.32 Å². The van der Waals surface area contributed by atoms with Gasteiger partial charge in [0.2, 0.25) is 10.0 Å². The summed E-state index contributed by atoms with van der Waals surface area (Å²) >= 11 is 0. The maximum atomic E-state index is 12.6. The van der Waals surface area contributed by atoms with E-state index in [1.165, 1.54) is 27.2 Å². The molecule has 3 aromatic rings. The Bertz CT molecular complexity index is 1150. The van der Waals surface area contributed by atoms with E-state index in [4.69, 9.17) is 4.52 Å². The van der Waals surface area contributed by atoms with Crippen LogP contribution in [-0.2, 0) is 22.2 Å². The van der Waals surface area contributed by atoms with Gasteiger partial charge in [-0.3, -0.25) is 4.99 Å². The maximum absolute atomic E-state index is 12.6. The first-order chi connectivity index (χ1) is 15.0. The second-order valence-corrected chi connectivity index (χ2v) is 9.60. The molecular weight excluding hydrogens is 543 g/mol. The molecule has 0 spiro atoms. The fourth-order valence-corrected chi connectivity index (χ4v) is 5.48. The second-order valence-electron chi connectivity index (χ2n) is 7.63. The molecule has 4 rings (SSSR count). The summed E-state index contributed by atoms with van der Waals surface area (Å²) in [5.74, 6) is 0.659. The number of aromatic nitrogens is 2. The van der Waals surface area contributed by atoms with Gasteiger partial charge in [-0.2, -0.15) is 4.31 Å². The smallest absolute Gasteiger partial charge is 0.220 e. The lowest BCUT2D eigenvalue weighted by Crippen LogP contribution is -2.54. The van der Waals surface area contributed by atoms with Crippen molar-refractivity contribution in [1.82, 2.24) is 24.7 Å². The van der Waals surface area contributed by atoms with Gasteiger partial charge in [0.1, 0.15) is 12.0 Å². The van der Waals surface area contributed by atoms with Gasteiger partial charge in [0.05, 0.1) is 5.69 Å². The number of fused-ring (bicyclic) bond motifs is 1. The molecule has 9 nitrogen and oxygen atoms in total. The van der Waals surface area contributed by atoms with Crippen LogP contribution in [0, 0.1) is 6.92 Å². The summed E-state index contributed by atoms with van der Waals surface area (Å²) in [6, 6.07) is 9.90. The molecule has 2 aromatic heterocycles. The molecule has 1 aliphatic rings. The van der Waals surface area contributed by atoms with Gasteiger partial charge in [0, 0.05) is 62.4 Å². The lowest BCUT2D eigenvalue weighted by molar-refractivity contribution is 0.260. The molecule has 1 aromatic carbocycles. The van der Waals surface area contributed by atoms with E-state index in [2.05, 4.69) is 50.5 Å². The van der Waals surface area contributed by atoms with E-state index in [0.29, 0.717) is 31.9 Å². The topological polar surface area (TPSA) is 107 Å². The van der Waals surface area contributed by atoms with E-state index in [1.54, 1.807) is 13.1 Å². The van der Waals surface area contributed by atoms with Gasteiger partial charge in [-0.05, 0) is 25.0 Å². The van der Waals surface area contributed by atoms with E-state index in [1.807, 2.05) is 6.07 Å². The van der Waals surface area contributed by atoms with Crippen LogP contribution in [0.5, 0.6) is 0 Å². The minimum Gasteiger partial charge on any atom is -0.364 e. The van der Waals surface area contributed by atoms with Crippen LogP contribution in [0.15, 0.2) is 46.1 Å². The van der Waals surface area contributed by atoms with Crippen LogP contribution in [0.2, 0.25) is 0 Å². The number of rotatable bonds is 6. The molecule has 32 heavy (non-hydrogen) atoms. The predicted molar refractivity (Wildman–Crippen MR) is 136 cm³/mol. The summed E-state index contributed by atoms with van der Waals surface area (Å²) < 4.78 is 31.5. The average molecular weight is 572 g/mol. The fraction of sp³-hybridized carbons (Fsp3) is 0.429. The van der Waals surface area contributed by atoms with E-state index in [0.717, 1.165) is 24.4 Å². The quantitative estimate of drug-likeness (QED) is 0.267. The van der Waals surface area contributed by atoms with E-state index < -0.39 is 10.0 Å². The molecule has 0 aliphatic carbocycles. The van der Waals surface area contributed by atoms with Gasteiger partial charge in [-0.1, -0.05) is 23.4 Å². The minimum absolute atomic E-state index is 0. The Hall–Kier alpha value is -2.12. The minimum atomic E-state index is -3.41. The molecule has 1 fully saturated rings. The van der Waals surface area contributed by atoms with Gasteiger partial charge in [0.25, 0.3) is 0 Å². The number of hydrogen-bond donors (Lipinski definition) is 2. The summed E-state index contributed by atoms with van der Waals surface area (Å²) in [6.45, 7) is 4.86. The van der Waals surface area contributed by atoms with Crippen molar-refractivity contribution in [2.45, 2.75) is 19.1 Å². The molecule has 2 N–H and O–H groups in total. The van der Waals surface area contributed by atoms with Crippen LogP contribution in [-0.4, -0.2) is 73.5 Å². The highest BCUT2D eigenvalue weighted by Gasteiger charge is 2.29. The number of H-pyrrole nitrogens is 1. The van der Waals surface area contributed by atoms with Crippen molar-refractivity contribution in [2.24, 2.45) is 4.99 Å². The molecule has 1 aliphatic heterocycles. The van der Waals surface area contributed by atoms with Gasteiger partial charge in [0.15, 0.2) is 5.96 Å². The Kier molecular flexibility index (Phi) is 8.17. The monoisotopic (exact) mass is 572 g/mol. The number of aliphatic imine (C=N–C) groups is 1. The van der Waals surface area contributed by atoms with Crippen molar-refractivity contribution < 1.29 is 12.9 Å². The Morgan fingerprint density at radius 1 is 1.22 bits per heavy atom. The molecule has 1 saturated heterocycles. The van der Waals surface area contributed by atoms with Crippen molar-refractivity contribution in [3.05, 3.63) is 53.5 Å². The predicted octanol–water partition coefficient (Wildman–Crippen LogP) is 2.35. The van der Waals surface area contributed by atoms with E-state index in [-0.39, 0.29) is 29.7 Å². The third-order valence-electron chi connectivity index (χ3n) is 5.65. The van der Waals surface area contributed by atoms with Gasteiger partial charge >= 0.3 is 0 Å². The molecule has 3 heterocycles. The lowest BCUT2D eigenvalue weighted by Gasteiger charge is -2.35. The standard InChI is InChI=1S/C21H28N6O3S.HI/c1-16-18(19-5-3-4-6-20(19)24-16)7-9-23-21(22-2)26-10-12-27(13-11-26)31(28,29)15-17-8-14-30-25-17;/h3-6,8,14,24H,7,9-13,15H2,1-2H3,(H,22,23);1H. The number of halogens is 1. The highest BCUT2D eigenvalue weighted by Crippen LogP contribution is 2.22. The largest absolute Gasteiger partial charge is 0.364 e. The lowest BCUT2D eigenvalue weighted by atomic mass is 10.1. The molecule has 0 unspecified atom stereocenters. The van der Waals surface area contributed by atoms with Crippen molar-refractivity contribution in [1.29, 1.82) is 0 Å². The Morgan fingerprint density at radius 3 is 2.66 bits per heavy atom. The van der Waals surface area contributed by atoms with Crippen LogP contribution in [0.4, 0.5) is 0 Å². The number of nitrogens with zero attached hydrogens (tertiary/aromatic N) is 4. The van der Waals surface area contributed by atoms with Crippen LogP contribution >= 0.6 is 24.0 Å². The molecule has 11 heteroatoms. The Labute approximate surface area is 205 Å². The molecular formula is C21H29IN6O3S. The van der Waals surface area contributed by atoms with Gasteiger partial charge in [-0.15, -0.1) is 24.0 Å². The number of aryl methyl sites for hydroxylation is 1. The van der Waals surface area contributed by atoms with Crippen LogP contribution in [0.25, 0.3) is 10.9 Å². The van der Waals surface area contributed by atoms with Crippen molar-refractivity contribution in [3.8, 4) is 0 Å². The Balaban J connectivity index is 0.00000289. The van der Waals surface area contributed by atoms with Crippen molar-refractivity contribution in [2.75, 3.05) is 39.8 Å². The highest BCUT2D eigenvalue weighted by molar-refractivity contribution is 14.0. The number of benzene rings is 1. The van der Waals surface area contributed by atoms with Crippen molar-refractivity contribution in [3.63, 3.8) is 0 Å². The maximum Gasteiger partial charge on any atom is 0.220 e. The first-order valence-corrected chi connectivity index (χ1v) is 12.0. The molecule has 0 saturated carbocycles. The summed E-state index contributed by atoms with van der Waals surface area (Å²) in [5, 5.41) is 8.39. The number of piperazine rings is 1. The number of aromatic amines is 1. The number of guanidine groups is 1. The van der Waals surface area contributed by atoms with Crippen molar-refractivity contribution >= 4 is 50.9 Å². The SMILES string of the molecule is CN=C(NCCc1c(C)[nH]c2ccccc12)N1CCN(S(=O)(=O)Cc2ccon2)CC1.I. The zero-order valence-corrected chi connectivity index (χ0v) is 21.4. The Morgan fingerprint density at radius 2 is 1.97 bits per heavy atom. The normalized spacial score (nSPS) is 15.7. The second kappa shape index (κ2) is 10.7. The summed E-state index contributed by atoms with van der Waals surface area (Å²) in [5.41, 5.74) is 4.07. The summed E-state index contributed by atoms with van der Waals surface area (Å²) in [6.07, 6.45) is 2.26.